The van der Waals surface area contributed by atoms with Gasteiger partial charge in [0.15, 0.2) is 0 Å². The number of unbranched alkanes of at least 4 members (excludes halogenated alkanes) is 4. The van der Waals surface area contributed by atoms with Crippen LogP contribution >= 0.6 is 0 Å². The third-order valence-electron chi connectivity index (χ3n) is 2.93. The van der Waals surface area contributed by atoms with Crippen LogP contribution in [0.5, 0.6) is 0 Å². The van der Waals surface area contributed by atoms with E-state index in [1.165, 1.54) is 37.9 Å². The van der Waals surface area contributed by atoms with Gasteiger partial charge in [0.05, 0.1) is 6.20 Å². The molecule has 1 atom stereocenters. The van der Waals surface area contributed by atoms with Gasteiger partial charge in [0.2, 0.25) is 0 Å². The van der Waals surface area contributed by atoms with E-state index in [1.807, 2.05) is 0 Å². The highest BCUT2D eigenvalue weighted by Crippen LogP contribution is 2.19. The summed E-state index contributed by atoms with van der Waals surface area (Å²) in [5.74, 6) is 5.18. The van der Waals surface area contributed by atoms with Crippen molar-refractivity contribution in [3.8, 4) is 0 Å². The Morgan fingerprint density at radius 2 is 2.06 bits per heavy atom. The maximum atomic E-state index is 13.0. The number of halogens is 1. The molecule has 0 fully saturated rings. The van der Waals surface area contributed by atoms with Crippen molar-refractivity contribution in [2.75, 3.05) is 0 Å². The summed E-state index contributed by atoms with van der Waals surface area (Å²) in [6.45, 7) is 2.20. The molecule has 1 unspecified atom stereocenters. The third-order valence-corrected chi connectivity index (χ3v) is 2.93. The molecule has 0 bridgehead atoms. The first kappa shape index (κ1) is 14.1. The largest absolute Gasteiger partial charge is 0.271 e. The number of nitrogens with one attached hydrogen (secondary N) is 1. The lowest BCUT2D eigenvalue weighted by Gasteiger charge is -2.15. The average Bonchev–Trinajstić information content (AvgIpc) is 2.34. The van der Waals surface area contributed by atoms with Gasteiger partial charge in [0.25, 0.3) is 0 Å². The van der Waals surface area contributed by atoms with Crippen LogP contribution in [-0.2, 0) is 0 Å². The summed E-state index contributed by atoms with van der Waals surface area (Å²) in [6, 6.07) is 1.49. The number of hydrazine groups is 1. The van der Waals surface area contributed by atoms with Gasteiger partial charge in [-0.25, -0.2) is 4.39 Å². The fourth-order valence-corrected chi connectivity index (χ4v) is 1.92. The molecule has 0 radical (unpaired) electrons. The van der Waals surface area contributed by atoms with E-state index in [1.54, 1.807) is 6.20 Å². The molecule has 1 rings (SSSR count). The van der Waals surface area contributed by atoms with Crippen molar-refractivity contribution in [2.24, 2.45) is 5.84 Å². The Labute approximate surface area is 103 Å². The molecular formula is C13H22FN3. The predicted molar refractivity (Wildman–Crippen MR) is 67.6 cm³/mol. The molecular weight excluding hydrogens is 217 g/mol. The minimum atomic E-state index is -0.311. The summed E-state index contributed by atoms with van der Waals surface area (Å²) in [7, 11) is 0. The Morgan fingerprint density at radius 1 is 1.29 bits per heavy atom. The van der Waals surface area contributed by atoms with Crippen LogP contribution in [0.1, 0.15) is 57.1 Å². The SMILES string of the molecule is CCCCCCCC(NN)c1cncc(F)c1. The molecule has 1 aromatic rings. The Kier molecular flexibility index (Phi) is 6.74. The minimum absolute atomic E-state index is 0.000161. The molecule has 0 aliphatic heterocycles. The van der Waals surface area contributed by atoms with Gasteiger partial charge in [0, 0.05) is 12.2 Å². The molecule has 0 saturated carbocycles. The highest BCUT2D eigenvalue weighted by atomic mass is 19.1. The molecule has 1 aromatic heterocycles. The zero-order valence-electron chi connectivity index (χ0n) is 10.5. The van der Waals surface area contributed by atoms with E-state index < -0.39 is 0 Å². The molecule has 0 amide bonds. The van der Waals surface area contributed by atoms with Crippen LogP contribution in [0.4, 0.5) is 4.39 Å². The van der Waals surface area contributed by atoms with Crippen molar-refractivity contribution in [1.29, 1.82) is 0 Å². The number of pyridine rings is 1. The molecule has 4 heteroatoms. The fraction of sp³-hybridized carbons (Fsp3) is 0.615. The van der Waals surface area contributed by atoms with E-state index in [0.717, 1.165) is 18.4 Å². The normalized spacial score (nSPS) is 12.6. The van der Waals surface area contributed by atoms with Gasteiger partial charge < -0.3 is 0 Å². The van der Waals surface area contributed by atoms with Crippen LogP contribution in [0.3, 0.4) is 0 Å². The summed E-state index contributed by atoms with van der Waals surface area (Å²) < 4.78 is 13.0. The zero-order chi connectivity index (χ0) is 12.5. The van der Waals surface area contributed by atoms with Crippen molar-refractivity contribution in [3.63, 3.8) is 0 Å². The summed E-state index contributed by atoms with van der Waals surface area (Å²) in [5, 5.41) is 0. The number of hydrogen-bond acceptors (Lipinski definition) is 3. The monoisotopic (exact) mass is 239 g/mol. The molecule has 3 N–H and O–H groups in total. The van der Waals surface area contributed by atoms with Gasteiger partial charge in [-0.2, -0.15) is 0 Å². The van der Waals surface area contributed by atoms with Gasteiger partial charge >= 0.3 is 0 Å². The van der Waals surface area contributed by atoms with E-state index in [-0.39, 0.29) is 11.9 Å². The van der Waals surface area contributed by atoms with Crippen LogP contribution in [-0.4, -0.2) is 4.98 Å². The lowest BCUT2D eigenvalue weighted by molar-refractivity contribution is 0.475. The quantitative estimate of drug-likeness (QED) is 0.416. The van der Waals surface area contributed by atoms with E-state index >= 15 is 0 Å². The highest BCUT2D eigenvalue weighted by molar-refractivity contribution is 5.14. The molecule has 0 spiro atoms. The Balaban J connectivity index is 2.38. The number of nitrogens with zero attached hydrogens (tertiary/aromatic N) is 1. The number of nitrogens with two attached hydrogens (primary N) is 1. The second-order valence-corrected chi connectivity index (χ2v) is 4.36. The predicted octanol–water partition coefficient (Wildman–Crippen LogP) is 3.09. The lowest BCUT2D eigenvalue weighted by atomic mass is 10.0. The number of aromatic nitrogens is 1. The highest BCUT2D eigenvalue weighted by Gasteiger charge is 2.10. The van der Waals surface area contributed by atoms with Crippen LogP contribution < -0.4 is 11.3 Å². The number of hydrogen-bond donors (Lipinski definition) is 2. The molecule has 0 aliphatic rings. The molecule has 17 heavy (non-hydrogen) atoms. The first-order valence-corrected chi connectivity index (χ1v) is 6.34. The molecule has 96 valence electrons. The molecule has 1 heterocycles. The van der Waals surface area contributed by atoms with Crippen molar-refractivity contribution in [2.45, 2.75) is 51.5 Å². The fourth-order valence-electron chi connectivity index (χ4n) is 1.92. The Morgan fingerprint density at radius 3 is 2.71 bits per heavy atom. The zero-order valence-corrected chi connectivity index (χ0v) is 10.5. The number of rotatable bonds is 8. The first-order valence-electron chi connectivity index (χ1n) is 6.34. The molecule has 0 saturated heterocycles. The maximum Gasteiger partial charge on any atom is 0.141 e. The maximum absolute atomic E-state index is 13.0. The first-order chi connectivity index (χ1) is 8.27. The van der Waals surface area contributed by atoms with Gasteiger partial charge in [-0.3, -0.25) is 16.3 Å². The van der Waals surface area contributed by atoms with Crippen molar-refractivity contribution < 1.29 is 4.39 Å². The smallest absolute Gasteiger partial charge is 0.141 e. The van der Waals surface area contributed by atoms with Crippen molar-refractivity contribution in [1.82, 2.24) is 10.4 Å². The van der Waals surface area contributed by atoms with Crippen LogP contribution in [0.2, 0.25) is 0 Å². The Hall–Kier alpha value is -1.00. The summed E-state index contributed by atoms with van der Waals surface area (Å²) in [4.78, 5) is 3.84. The second kappa shape index (κ2) is 8.14. The van der Waals surface area contributed by atoms with Crippen LogP contribution in [0.15, 0.2) is 18.5 Å². The minimum Gasteiger partial charge on any atom is -0.271 e. The van der Waals surface area contributed by atoms with E-state index in [0.29, 0.717) is 0 Å². The van der Waals surface area contributed by atoms with Crippen molar-refractivity contribution >= 4 is 0 Å². The average molecular weight is 239 g/mol. The lowest BCUT2D eigenvalue weighted by Crippen LogP contribution is -2.28. The van der Waals surface area contributed by atoms with Crippen molar-refractivity contribution in [3.05, 3.63) is 29.8 Å². The van der Waals surface area contributed by atoms with E-state index in [2.05, 4.69) is 17.3 Å². The molecule has 0 aliphatic carbocycles. The third kappa shape index (κ3) is 5.24. The summed E-state index contributed by atoms with van der Waals surface area (Å²) in [5.41, 5.74) is 3.55. The second-order valence-electron chi connectivity index (χ2n) is 4.36. The molecule has 3 nitrogen and oxygen atoms in total. The molecule has 0 aromatic carbocycles. The summed E-state index contributed by atoms with van der Waals surface area (Å²) in [6.07, 6.45) is 9.88. The van der Waals surface area contributed by atoms with Crippen LogP contribution in [0.25, 0.3) is 0 Å². The van der Waals surface area contributed by atoms with Gasteiger partial charge in [-0.15, -0.1) is 0 Å². The van der Waals surface area contributed by atoms with Gasteiger partial charge in [-0.1, -0.05) is 39.0 Å². The summed E-state index contributed by atoms with van der Waals surface area (Å²) >= 11 is 0. The van der Waals surface area contributed by atoms with Crippen LogP contribution in [0, 0.1) is 5.82 Å². The van der Waals surface area contributed by atoms with E-state index in [4.69, 9.17) is 5.84 Å². The van der Waals surface area contributed by atoms with Gasteiger partial charge in [0.1, 0.15) is 5.82 Å². The standard InChI is InChI=1S/C13H22FN3/c1-2-3-4-5-6-7-13(17-15)11-8-12(14)10-16-9-11/h8-10,13,17H,2-7,15H2,1H3. The van der Waals surface area contributed by atoms with E-state index in [9.17, 15) is 4.39 Å². The Bertz CT molecular complexity index is 317. The topological polar surface area (TPSA) is 50.9 Å². The van der Waals surface area contributed by atoms with Gasteiger partial charge in [-0.05, 0) is 18.1 Å².